The zero-order valence-corrected chi connectivity index (χ0v) is 20.0. The molecule has 0 unspecified atom stereocenters. The average Bonchev–Trinajstić information content (AvgIpc) is 3.23. The van der Waals surface area contributed by atoms with E-state index in [1.807, 2.05) is 12.1 Å². The third-order valence-corrected chi connectivity index (χ3v) is 6.11. The molecule has 0 bridgehead atoms. The third-order valence-electron chi connectivity index (χ3n) is 5.07. The van der Waals surface area contributed by atoms with E-state index in [-0.39, 0.29) is 18.4 Å². The second kappa shape index (κ2) is 11.5. The lowest BCUT2D eigenvalue weighted by molar-refractivity contribution is -0.137. The van der Waals surface area contributed by atoms with E-state index in [0.29, 0.717) is 30.0 Å². The summed E-state index contributed by atoms with van der Waals surface area (Å²) in [6.45, 7) is 5.38. The van der Waals surface area contributed by atoms with Gasteiger partial charge in [-0.3, -0.25) is 4.79 Å². The zero-order chi connectivity index (χ0) is 24.7. The maximum atomic E-state index is 12.9. The predicted molar refractivity (Wildman–Crippen MR) is 125 cm³/mol. The van der Waals surface area contributed by atoms with Crippen molar-refractivity contribution in [1.82, 2.24) is 20.1 Å². The van der Waals surface area contributed by atoms with Crippen LogP contribution in [0.2, 0.25) is 0 Å². The molecule has 0 aliphatic heterocycles. The van der Waals surface area contributed by atoms with Gasteiger partial charge in [-0.05, 0) is 35.4 Å². The van der Waals surface area contributed by atoms with E-state index in [1.165, 1.54) is 6.07 Å². The van der Waals surface area contributed by atoms with Crippen molar-refractivity contribution >= 4 is 17.7 Å². The number of hydrogen-bond donors (Lipinski definition) is 1. The fourth-order valence-corrected chi connectivity index (χ4v) is 4.20. The number of rotatable bonds is 10. The van der Waals surface area contributed by atoms with Gasteiger partial charge in [0.15, 0.2) is 5.16 Å². The Hall–Kier alpha value is -2.85. The first-order valence-electron chi connectivity index (χ1n) is 10.8. The highest BCUT2D eigenvalue weighted by atomic mass is 32.2. The quantitative estimate of drug-likeness (QED) is 0.390. The number of benzene rings is 2. The SMILES string of the molecule is COCCn1c(SCc2ccc(C(=O)NCc3cccc(C(F)(F)F)c3)cc2)nnc1C(C)C. The summed E-state index contributed by atoms with van der Waals surface area (Å²) in [5.41, 5.74) is 1.09. The van der Waals surface area contributed by atoms with Gasteiger partial charge in [0, 0.05) is 37.4 Å². The summed E-state index contributed by atoms with van der Waals surface area (Å²) >= 11 is 1.56. The molecule has 1 aromatic heterocycles. The lowest BCUT2D eigenvalue weighted by Crippen LogP contribution is -2.23. The van der Waals surface area contributed by atoms with Crippen molar-refractivity contribution in [2.75, 3.05) is 13.7 Å². The number of nitrogens with zero attached hydrogens (tertiary/aromatic N) is 3. The molecule has 3 aromatic rings. The molecule has 10 heteroatoms. The fraction of sp³-hybridized carbons (Fsp3) is 0.375. The lowest BCUT2D eigenvalue weighted by Gasteiger charge is -2.11. The van der Waals surface area contributed by atoms with Gasteiger partial charge in [-0.2, -0.15) is 13.2 Å². The number of amides is 1. The van der Waals surface area contributed by atoms with E-state index >= 15 is 0 Å². The Morgan fingerprint density at radius 2 is 1.85 bits per heavy atom. The summed E-state index contributed by atoms with van der Waals surface area (Å²) in [5, 5.41) is 12.1. The van der Waals surface area contributed by atoms with Crippen molar-refractivity contribution in [2.24, 2.45) is 0 Å². The van der Waals surface area contributed by atoms with E-state index in [0.717, 1.165) is 28.7 Å². The zero-order valence-electron chi connectivity index (χ0n) is 19.2. The first-order valence-corrected chi connectivity index (χ1v) is 11.8. The fourth-order valence-electron chi connectivity index (χ4n) is 3.27. The van der Waals surface area contributed by atoms with Crippen LogP contribution in [0.15, 0.2) is 53.7 Å². The second-order valence-electron chi connectivity index (χ2n) is 8.01. The molecule has 0 atom stereocenters. The van der Waals surface area contributed by atoms with E-state index in [1.54, 1.807) is 37.1 Å². The van der Waals surface area contributed by atoms with Gasteiger partial charge in [0.05, 0.1) is 12.2 Å². The van der Waals surface area contributed by atoms with Crippen LogP contribution >= 0.6 is 11.8 Å². The molecule has 1 heterocycles. The Kier molecular flexibility index (Phi) is 8.73. The Labute approximate surface area is 200 Å². The van der Waals surface area contributed by atoms with Gasteiger partial charge in [-0.25, -0.2) is 0 Å². The highest BCUT2D eigenvalue weighted by Crippen LogP contribution is 2.29. The van der Waals surface area contributed by atoms with Gasteiger partial charge in [-0.1, -0.05) is 49.9 Å². The van der Waals surface area contributed by atoms with Gasteiger partial charge in [0.1, 0.15) is 5.82 Å². The van der Waals surface area contributed by atoms with Crippen molar-refractivity contribution < 1.29 is 22.7 Å². The number of carbonyl (C=O) groups excluding carboxylic acids is 1. The van der Waals surface area contributed by atoms with Gasteiger partial charge in [-0.15, -0.1) is 10.2 Å². The second-order valence-corrected chi connectivity index (χ2v) is 8.95. The van der Waals surface area contributed by atoms with Crippen molar-refractivity contribution in [3.63, 3.8) is 0 Å². The van der Waals surface area contributed by atoms with Crippen LogP contribution in [-0.2, 0) is 29.8 Å². The first-order chi connectivity index (χ1) is 16.2. The van der Waals surface area contributed by atoms with Crippen molar-refractivity contribution in [3.05, 3.63) is 76.6 Å². The minimum absolute atomic E-state index is 0.00960. The van der Waals surface area contributed by atoms with Crippen LogP contribution in [0.5, 0.6) is 0 Å². The van der Waals surface area contributed by atoms with Crippen LogP contribution in [0.4, 0.5) is 13.2 Å². The molecule has 182 valence electrons. The Morgan fingerprint density at radius 3 is 2.50 bits per heavy atom. The molecule has 0 fully saturated rings. The molecule has 34 heavy (non-hydrogen) atoms. The number of hydrogen-bond acceptors (Lipinski definition) is 5. The van der Waals surface area contributed by atoms with Gasteiger partial charge < -0.3 is 14.6 Å². The number of halogens is 3. The molecule has 6 nitrogen and oxygen atoms in total. The molecule has 0 radical (unpaired) electrons. The number of methoxy groups -OCH3 is 1. The highest BCUT2D eigenvalue weighted by molar-refractivity contribution is 7.98. The number of carbonyl (C=O) groups is 1. The standard InChI is InChI=1S/C24H27F3N4O2S/c1-16(2)21-29-30-23(31(21)11-12-33-3)34-15-17-7-9-19(10-8-17)22(32)28-14-18-5-4-6-20(13-18)24(25,26)27/h4-10,13,16H,11-12,14-15H2,1-3H3,(H,28,32). The molecule has 0 saturated heterocycles. The molecule has 1 N–H and O–H groups in total. The van der Waals surface area contributed by atoms with E-state index < -0.39 is 11.7 Å². The molecular formula is C24H27F3N4O2S. The van der Waals surface area contributed by atoms with E-state index in [2.05, 4.69) is 33.9 Å². The minimum atomic E-state index is -4.42. The topological polar surface area (TPSA) is 69.0 Å². The molecule has 0 spiro atoms. The van der Waals surface area contributed by atoms with Gasteiger partial charge in [0.25, 0.3) is 5.91 Å². The van der Waals surface area contributed by atoms with Crippen LogP contribution in [-0.4, -0.2) is 34.4 Å². The Balaban J connectivity index is 1.58. The van der Waals surface area contributed by atoms with Crippen molar-refractivity contribution in [2.45, 2.75) is 49.9 Å². The largest absolute Gasteiger partial charge is 0.416 e. The summed E-state index contributed by atoms with van der Waals surface area (Å²) in [5.74, 6) is 1.45. The molecule has 1 amide bonds. The lowest BCUT2D eigenvalue weighted by atomic mass is 10.1. The number of aromatic nitrogens is 3. The maximum absolute atomic E-state index is 12.9. The summed E-state index contributed by atoms with van der Waals surface area (Å²) in [6, 6.07) is 12.0. The molecule has 0 aliphatic rings. The summed E-state index contributed by atoms with van der Waals surface area (Å²) in [4.78, 5) is 12.4. The summed E-state index contributed by atoms with van der Waals surface area (Å²) in [6.07, 6.45) is -4.42. The smallest absolute Gasteiger partial charge is 0.383 e. The van der Waals surface area contributed by atoms with Crippen molar-refractivity contribution in [3.8, 4) is 0 Å². The molecule has 2 aromatic carbocycles. The third kappa shape index (κ3) is 6.83. The van der Waals surface area contributed by atoms with Crippen LogP contribution in [0, 0.1) is 0 Å². The Bertz CT molecular complexity index is 1100. The van der Waals surface area contributed by atoms with Crippen LogP contribution in [0.3, 0.4) is 0 Å². The van der Waals surface area contributed by atoms with Crippen molar-refractivity contribution in [1.29, 1.82) is 0 Å². The Morgan fingerprint density at radius 1 is 1.12 bits per heavy atom. The van der Waals surface area contributed by atoms with E-state index in [9.17, 15) is 18.0 Å². The first kappa shape index (κ1) is 25.8. The van der Waals surface area contributed by atoms with Gasteiger partial charge >= 0.3 is 6.18 Å². The monoisotopic (exact) mass is 492 g/mol. The number of alkyl halides is 3. The highest BCUT2D eigenvalue weighted by Gasteiger charge is 2.30. The van der Waals surface area contributed by atoms with Gasteiger partial charge in [0.2, 0.25) is 0 Å². The van der Waals surface area contributed by atoms with Crippen LogP contribution < -0.4 is 5.32 Å². The summed E-state index contributed by atoms with van der Waals surface area (Å²) in [7, 11) is 1.66. The summed E-state index contributed by atoms with van der Waals surface area (Å²) < 4.78 is 45.8. The molecule has 0 aliphatic carbocycles. The molecular weight excluding hydrogens is 465 g/mol. The minimum Gasteiger partial charge on any atom is -0.383 e. The molecule has 3 rings (SSSR count). The van der Waals surface area contributed by atoms with E-state index in [4.69, 9.17) is 4.74 Å². The average molecular weight is 493 g/mol. The maximum Gasteiger partial charge on any atom is 0.416 e. The molecule has 0 saturated carbocycles. The van der Waals surface area contributed by atoms with Crippen LogP contribution in [0.1, 0.15) is 52.6 Å². The number of nitrogens with one attached hydrogen (secondary N) is 1. The van der Waals surface area contributed by atoms with Crippen LogP contribution in [0.25, 0.3) is 0 Å². The number of thioether (sulfide) groups is 1. The normalized spacial score (nSPS) is 11.7. The predicted octanol–water partition coefficient (Wildman–Crippen LogP) is 5.29. The number of ether oxygens (including phenoxy) is 1.